The van der Waals surface area contributed by atoms with Crippen LogP contribution in [0.15, 0.2) is 30.3 Å². The lowest BCUT2D eigenvalue weighted by atomic mass is 9.95. The molecule has 15 heteroatoms. The predicted molar refractivity (Wildman–Crippen MR) is 188 cm³/mol. The maximum atomic E-state index is 13.7. The molecule has 1 aromatic carbocycles. The number of ketones is 1. The Morgan fingerprint density at radius 1 is 0.725 bits per heavy atom. The SMILES string of the molecule is CC[C@H](C)[C@H](NC(=O)[C@H](C(C)C)N(C)C(=O)CCc1ccccc1)C(=O)NC(CC(C)=O)C(=O)N[C@@H](CC(=O)O)C(=O)N[C@@H](CC(C)C)C(=O)O. The van der Waals surface area contributed by atoms with E-state index >= 15 is 0 Å². The first kappa shape index (κ1) is 44.2. The number of Topliss-reactive ketones (excluding diaryl/α,β-unsaturated/α-hetero) is 1. The summed E-state index contributed by atoms with van der Waals surface area (Å²) in [4.78, 5) is 104. The Balaban J connectivity index is 3.23. The molecule has 0 aliphatic rings. The minimum atomic E-state index is -1.73. The minimum Gasteiger partial charge on any atom is -0.481 e. The number of aliphatic carboxylic acids is 2. The molecule has 0 saturated carbocycles. The van der Waals surface area contributed by atoms with E-state index < -0.39 is 90.3 Å². The van der Waals surface area contributed by atoms with Gasteiger partial charge in [-0.3, -0.25) is 33.6 Å². The van der Waals surface area contributed by atoms with Crippen LogP contribution >= 0.6 is 0 Å². The van der Waals surface area contributed by atoms with Crippen LogP contribution in [0.1, 0.15) is 86.1 Å². The highest BCUT2D eigenvalue weighted by molar-refractivity contribution is 5.98. The molecule has 51 heavy (non-hydrogen) atoms. The maximum absolute atomic E-state index is 13.7. The zero-order valence-electron chi connectivity index (χ0n) is 30.9. The molecular formula is C36H55N5O10. The Morgan fingerprint density at radius 3 is 1.73 bits per heavy atom. The van der Waals surface area contributed by atoms with Gasteiger partial charge < -0.3 is 36.4 Å². The number of amides is 5. The highest BCUT2D eigenvalue weighted by atomic mass is 16.4. The van der Waals surface area contributed by atoms with Gasteiger partial charge in [-0.2, -0.15) is 0 Å². The summed E-state index contributed by atoms with van der Waals surface area (Å²) in [5, 5.41) is 28.6. The van der Waals surface area contributed by atoms with Crippen LogP contribution in [0.2, 0.25) is 0 Å². The second-order valence-corrected chi connectivity index (χ2v) is 13.7. The third-order valence-electron chi connectivity index (χ3n) is 8.43. The number of nitrogens with one attached hydrogen (secondary N) is 4. The number of carbonyl (C=O) groups is 8. The summed E-state index contributed by atoms with van der Waals surface area (Å²) < 4.78 is 0. The van der Waals surface area contributed by atoms with Gasteiger partial charge in [0, 0.05) is 19.9 Å². The molecule has 0 aliphatic carbocycles. The maximum Gasteiger partial charge on any atom is 0.326 e. The number of carboxylic acids is 2. The third-order valence-corrected chi connectivity index (χ3v) is 8.43. The number of carboxylic acid groups (broad SMARTS) is 2. The quantitative estimate of drug-likeness (QED) is 0.102. The summed E-state index contributed by atoms with van der Waals surface area (Å²) in [6, 6.07) is 2.61. The van der Waals surface area contributed by atoms with Crippen LogP contribution in [-0.4, -0.2) is 99.6 Å². The van der Waals surface area contributed by atoms with Crippen molar-refractivity contribution in [3.63, 3.8) is 0 Å². The molecule has 0 aliphatic heterocycles. The summed E-state index contributed by atoms with van der Waals surface area (Å²) in [7, 11) is 1.52. The van der Waals surface area contributed by atoms with E-state index in [0.29, 0.717) is 12.8 Å². The van der Waals surface area contributed by atoms with Gasteiger partial charge in [-0.15, -0.1) is 0 Å². The molecule has 1 rings (SSSR count). The molecular weight excluding hydrogens is 662 g/mol. The van der Waals surface area contributed by atoms with Crippen LogP contribution < -0.4 is 21.3 Å². The van der Waals surface area contributed by atoms with Crippen LogP contribution in [0.3, 0.4) is 0 Å². The van der Waals surface area contributed by atoms with Crippen LogP contribution in [-0.2, 0) is 44.8 Å². The van der Waals surface area contributed by atoms with Crippen LogP contribution in [0.25, 0.3) is 0 Å². The normalized spacial score (nSPS) is 14.6. The predicted octanol–water partition coefficient (Wildman–Crippen LogP) is 1.67. The van der Waals surface area contributed by atoms with E-state index in [0.717, 1.165) is 5.56 Å². The minimum absolute atomic E-state index is 0.0376. The van der Waals surface area contributed by atoms with Crippen molar-refractivity contribution in [3.8, 4) is 0 Å². The van der Waals surface area contributed by atoms with Crippen molar-refractivity contribution >= 4 is 47.3 Å². The standard InChI is InChI=1S/C36H55N5O10/c1-9-22(6)30(40-35(49)31(21(4)5)41(8)28(43)16-15-24-13-11-10-12-14-24)34(48)38-25(18-23(7)42)32(46)37-26(19-29(44)45)33(47)39-27(36(50)51)17-20(2)3/h10-14,20-22,25-27,30-31H,9,15-19H2,1-8H3,(H,37,46)(H,38,48)(H,39,47)(H,40,49)(H,44,45)(H,50,51)/t22-,25?,26-,27-,30-,31-/m0/s1. The molecule has 5 amide bonds. The second kappa shape index (κ2) is 21.4. The first-order valence-corrected chi connectivity index (χ1v) is 17.2. The van der Waals surface area contributed by atoms with Crippen molar-refractivity contribution in [2.75, 3.05) is 7.05 Å². The van der Waals surface area contributed by atoms with Crippen molar-refractivity contribution < 1.29 is 48.6 Å². The molecule has 0 saturated heterocycles. The summed E-state index contributed by atoms with van der Waals surface area (Å²) in [5.74, 6) is -8.10. The lowest BCUT2D eigenvalue weighted by molar-refractivity contribution is -0.144. The van der Waals surface area contributed by atoms with E-state index in [4.69, 9.17) is 0 Å². The topological polar surface area (TPSA) is 228 Å². The number of carbonyl (C=O) groups excluding carboxylic acids is 6. The van der Waals surface area contributed by atoms with Gasteiger partial charge >= 0.3 is 11.9 Å². The molecule has 0 heterocycles. The van der Waals surface area contributed by atoms with Gasteiger partial charge in [0.05, 0.1) is 6.42 Å². The fourth-order valence-corrected chi connectivity index (χ4v) is 5.47. The van der Waals surface area contributed by atoms with Gasteiger partial charge in [0.15, 0.2) is 0 Å². The van der Waals surface area contributed by atoms with Crippen LogP contribution in [0, 0.1) is 17.8 Å². The number of benzene rings is 1. The molecule has 0 spiro atoms. The Hall–Kier alpha value is -4.82. The van der Waals surface area contributed by atoms with E-state index in [9.17, 15) is 48.6 Å². The number of likely N-dealkylation sites (N-methyl/N-ethyl adjacent to an activating group) is 1. The Bertz CT molecular complexity index is 1380. The summed E-state index contributed by atoms with van der Waals surface area (Å²) in [5.41, 5.74) is 0.966. The van der Waals surface area contributed by atoms with Crippen LogP contribution in [0.5, 0.6) is 0 Å². The van der Waals surface area contributed by atoms with Gasteiger partial charge in [-0.1, -0.05) is 78.3 Å². The summed E-state index contributed by atoms with van der Waals surface area (Å²) >= 11 is 0. The summed E-state index contributed by atoms with van der Waals surface area (Å²) in [6.07, 6.45) is -0.354. The van der Waals surface area contributed by atoms with Crippen molar-refractivity contribution in [2.24, 2.45) is 17.8 Å². The average molecular weight is 718 g/mol. The number of hydrogen-bond acceptors (Lipinski definition) is 8. The highest BCUT2D eigenvalue weighted by Gasteiger charge is 2.37. The fraction of sp³-hybridized carbons (Fsp3) is 0.611. The Kier molecular flexibility index (Phi) is 18.6. The van der Waals surface area contributed by atoms with Crippen molar-refractivity contribution in [1.82, 2.24) is 26.2 Å². The van der Waals surface area contributed by atoms with Crippen LogP contribution in [0.4, 0.5) is 0 Å². The van der Waals surface area contributed by atoms with Crippen molar-refractivity contribution in [2.45, 2.75) is 117 Å². The van der Waals surface area contributed by atoms with Crippen molar-refractivity contribution in [3.05, 3.63) is 35.9 Å². The number of aryl methyl sites for hydroxylation is 1. The van der Waals surface area contributed by atoms with Gasteiger partial charge in [-0.05, 0) is 43.1 Å². The first-order chi connectivity index (χ1) is 23.8. The van der Waals surface area contributed by atoms with Gasteiger partial charge in [-0.25, -0.2) is 4.79 Å². The van der Waals surface area contributed by atoms with Gasteiger partial charge in [0.1, 0.15) is 36.0 Å². The van der Waals surface area contributed by atoms with E-state index in [1.54, 1.807) is 41.5 Å². The van der Waals surface area contributed by atoms with E-state index in [1.165, 1.54) is 18.9 Å². The molecule has 0 bridgehead atoms. The monoisotopic (exact) mass is 717 g/mol. The molecule has 0 radical (unpaired) electrons. The fourth-order valence-electron chi connectivity index (χ4n) is 5.47. The zero-order valence-corrected chi connectivity index (χ0v) is 30.9. The van der Waals surface area contributed by atoms with E-state index in [-0.39, 0.29) is 30.6 Å². The van der Waals surface area contributed by atoms with E-state index in [1.807, 2.05) is 30.3 Å². The third kappa shape index (κ3) is 15.3. The first-order valence-electron chi connectivity index (χ1n) is 17.2. The number of nitrogens with zero attached hydrogens (tertiary/aromatic N) is 1. The lowest BCUT2D eigenvalue weighted by Gasteiger charge is -2.33. The van der Waals surface area contributed by atoms with Gasteiger partial charge in [0.25, 0.3) is 0 Å². The number of rotatable bonds is 22. The highest BCUT2D eigenvalue weighted by Crippen LogP contribution is 2.16. The van der Waals surface area contributed by atoms with Crippen molar-refractivity contribution in [1.29, 1.82) is 0 Å². The molecule has 0 aromatic heterocycles. The van der Waals surface area contributed by atoms with Gasteiger partial charge in [0.2, 0.25) is 29.5 Å². The smallest absolute Gasteiger partial charge is 0.326 e. The molecule has 6 atom stereocenters. The number of hydrogen-bond donors (Lipinski definition) is 6. The molecule has 1 unspecified atom stereocenters. The molecule has 284 valence electrons. The average Bonchev–Trinajstić information content (AvgIpc) is 3.04. The van der Waals surface area contributed by atoms with E-state index in [2.05, 4.69) is 21.3 Å². The second-order valence-electron chi connectivity index (χ2n) is 13.7. The molecule has 0 fully saturated rings. The Morgan fingerprint density at radius 2 is 1.25 bits per heavy atom. The lowest BCUT2D eigenvalue weighted by Crippen LogP contribution is -2.61. The summed E-state index contributed by atoms with van der Waals surface area (Å²) in [6.45, 7) is 11.7. The Labute approximate surface area is 299 Å². The molecule has 6 N–H and O–H groups in total. The zero-order chi connectivity index (χ0) is 39.0. The molecule has 15 nitrogen and oxygen atoms in total. The largest absolute Gasteiger partial charge is 0.481 e. The molecule has 1 aromatic rings.